The van der Waals surface area contributed by atoms with Crippen molar-refractivity contribution in [1.29, 1.82) is 0 Å². The van der Waals surface area contributed by atoms with E-state index in [1.54, 1.807) is 0 Å². The Bertz CT molecular complexity index is 545. The SMILES string of the molecule is Cc1cc2nc(Cl)c(Cl)nc2c(C)c1C. The zero-order valence-electron chi connectivity index (χ0n) is 8.73. The molecule has 0 bridgehead atoms. The number of benzene rings is 1. The third-order valence-electron chi connectivity index (χ3n) is 2.70. The summed E-state index contributed by atoms with van der Waals surface area (Å²) in [6.07, 6.45) is 0. The van der Waals surface area contributed by atoms with Gasteiger partial charge in [0.05, 0.1) is 11.0 Å². The van der Waals surface area contributed by atoms with Gasteiger partial charge in [0.1, 0.15) is 0 Å². The van der Waals surface area contributed by atoms with Crippen LogP contribution in [0.4, 0.5) is 0 Å². The van der Waals surface area contributed by atoms with Gasteiger partial charge in [0.25, 0.3) is 0 Å². The van der Waals surface area contributed by atoms with Gasteiger partial charge in [-0.2, -0.15) is 0 Å². The highest BCUT2D eigenvalue weighted by atomic mass is 35.5. The van der Waals surface area contributed by atoms with Crippen LogP contribution in [0.25, 0.3) is 11.0 Å². The standard InChI is InChI=1S/C11H10Cl2N2/c1-5-4-8-9(7(3)6(5)2)15-11(13)10(12)14-8/h4H,1-3H3. The van der Waals surface area contributed by atoms with Crippen molar-refractivity contribution in [3.8, 4) is 0 Å². The van der Waals surface area contributed by atoms with E-state index in [0.717, 1.165) is 16.6 Å². The van der Waals surface area contributed by atoms with Gasteiger partial charge in [0.15, 0.2) is 10.3 Å². The third-order valence-corrected chi connectivity index (χ3v) is 3.33. The van der Waals surface area contributed by atoms with Crippen molar-refractivity contribution in [3.63, 3.8) is 0 Å². The second-order valence-electron chi connectivity index (χ2n) is 3.62. The van der Waals surface area contributed by atoms with Crippen molar-refractivity contribution in [2.75, 3.05) is 0 Å². The molecule has 0 aliphatic rings. The van der Waals surface area contributed by atoms with E-state index in [0.29, 0.717) is 0 Å². The summed E-state index contributed by atoms with van der Waals surface area (Å²) in [6, 6.07) is 1.98. The number of rotatable bonds is 0. The van der Waals surface area contributed by atoms with Gasteiger partial charge < -0.3 is 0 Å². The van der Waals surface area contributed by atoms with E-state index in [1.807, 2.05) is 19.9 Å². The van der Waals surface area contributed by atoms with Crippen LogP contribution in [0, 0.1) is 20.8 Å². The van der Waals surface area contributed by atoms with Gasteiger partial charge in [-0.15, -0.1) is 0 Å². The maximum atomic E-state index is 5.85. The maximum Gasteiger partial charge on any atom is 0.167 e. The van der Waals surface area contributed by atoms with Crippen LogP contribution in [0.5, 0.6) is 0 Å². The van der Waals surface area contributed by atoms with E-state index in [1.165, 1.54) is 11.1 Å². The molecular formula is C11H10Cl2N2. The molecule has 2 nitrogen and oxygen atoms in total. The molecule has 1 heterocycles. The molecule has 15 heavy (non-hydrogen) atoms. The fraction of sp³-hybridized carbons (Fsp3) is 0.273. The van der Waals surface area contributed by atoms with Gasteiger partial charge in [-0.25, -0.2) is 9.97 Å². The number of aryl methyl sites for hydroxylation is 2. The molecule has 0 saturated carbocycles. The Hall–Kier alpha value is -0.860. The largest absolute Gasteiger partial charge is 0.231 e. The average molecular weight is 241 g/mol. The van der Waals surface area contributed by atoms with Crippen molar-refractivity contribution < 1.29 is 0 Å². The molecule has 0 aliphatic heterocycles. The van der Waals surface area contributed by atoms with E-state index in [2.05, 4.69) is 16.9 Å². The highest BCUT2D eigenvalue weighted by Gasteiger charge is 2.09. The molecule has 0 radical (unpaired) electrons. The highest BCUT2D eigenvalue weighted by Crippen LogP contribution is 2.26. The molecule has 0 fully saturated rings. The predicted octanol–water partition coefficient (Wildman–Crippen LogP) is 3.86. The Morgan fingerprint density at radius 2 is 1.53 bits per heavy atom. The van der Waals surface area contributed by atoms with Crippen LogP contribution >= 0.6 is 23.2 Å². The summed E-state index contributed by atoms with van der Waals surface area (Å²) in [7, 11) is 0. The van der Waals surface area contributed by atoms with Gasteiger partial charge in [0, 0.05) is 0 Å². The van der Waals surface area contributed by atoms with Gasteiger partial charge in [-0.1, -0.05) is 23.2 Å². The quantitative estimate of drug-likeness (QED) is 0.699. The third kappa shape index (κ3) is 1.68. The van der Waals surface area contributed by atoms with Crippen LogP contribution in [-0.2, 0) is 0 Å². The molecular weight excluding hydrogens is 231 g/mol. The Labute approximate surface area is 98.3 Å². The summed E-state index contributed by atoms with van der Waals surface area (Å²) < 4.78 is 0. The van der Waals surface area contributed by atoms with Crippen LogP contribution in [0.1, 0.15) is 16.7 Å². The van der Waals surface area contributed by atoms with Crippen molar-refractivity contribution in [2.45, 2.75) is 20.8 Å². The minimum Gasteiger partial charge on any atom is -0.231 e. The molecule has 2 aromatic rings. The molecule has 0 spiro atoms. The number of fused-ring (bicyclic) bond motifs is 1. The fourth-order valence-electron chi connectivity index (χ4n) is 1.57. The lowest BCUT2D eigenvalue weighted by molar-refractivity contribution is 1.22. The van der Waals surface area contributed by atoms with Crippen molar-refractivity contribution >= 4 is 34.2 Å². The summed E-state index contributed by atoms with van der Waals surface area (Å²) in [4.78, 5) is 8.46. The van der Waals surface area contributed by atoms with E-state index in [-0.39, 0.29) is 10.3 Å². The Morgan fingerprint density at radius 1 is 0.933 bits per heavy atom. The van der Waals surface area contributed by atoms with E-state index in [4.69, 9.17) is 23.2 Å². The summed E-state index contributed by atoms with van der Waals surface area (Å²) >= 11 is 11.7. The first-order valence-corrected chi connectivity index (χ1v) is 5.36. The molecule has 4 heteroatoms. The lowest BCUT2D eigenvalue weighted by atomic mass is 10.0. The summed E-state index contributed by atoms with van der Waals surface area (Å²) in [6.45, 7) is 6.13. The molecule has 0 aliphatic carbocycles. The van der Waals surface area contributed by atoms with Crippen LogP contribution in [-0.4, -0.2) is 9.97 Å². The molecule has 78 valence electrons. The smallest absolute Gasteiger partial charge is 0.167 e. The zero-order chi connectivity index (χ0) is 11.2. The van der Waals surface area contributed by atoms with Crippen molar-refractivity contribution in [1.82, 2.24) is 9.97 Å². The van der Waals surface area contributed by atoms with Gasteiger partial charge in [-0.05, 0) is 43.5 Å². The topological polar surface area (TPSA) is 25.8 Å². The summed E-state index contributed by atoms with van der Waals surface area (Å²) in [5, 5.41) is 0.516. The van der Waals surface area contributed by atoms with Crippen LogP contribution in [0.15, 0.2) is 6.07 Å². The fourth-order valence-corrected chi connectivity index (χ4v) is 1.83. The number of nitrogens with zero attached hydrogens (tertiary/aromatic N) is 2. The Balaban J connectivity index is 2.93. The summed E-state index contributed by atoms with van der Waals surface area (Å²) in [5.74, 6) is 0. The number of hydrogen-bond acceptors (Lipinski definition) is 2. The maximum absolute atomic E-state index is 5.85. The monoisotopic (exact) mass is 240 g/mol. The second kappa shape index (κ2) is 3.62. The molecule has 1 aromatic heterocycles. The van der Waals surface area contributed by atoms with Crippen molar-refractivity contribution in [2.24, 2.45) is 0 Å². The lowest BCUT2D eigenvalue weighted by Crippen LogP contribution is -1.94. The van der Waals surface area contributed by atoms with Crippen LogP contribution < -0.4 is 0 Å². The minimum absolute atomic E-state index is 0.256. The first-order chi connectivity index (χ1) is 7.00. The number of hydrogen-bond donors (Lipinski definition) is 0. The molecule has 0 N–H and O–H groups in total. The number of halogens is 2. The number of aromatic nitrogens is 2. The molecule has 1 aromatic carbocycles. The molecule has 0 amide bonds. The predicted molar refractivity (Wildman–Crippen MR) is 63.8 cm³/mol. The Morgan fingerprint density at radius 3 is 2.20 bits per heavy atom. The average Bonchev–Trinajstić information content (AvgIpc) is 2.19. The second-order valence-corrected chi connectivity index (χ2v) is 4.33. The molecule has 2 rings (SSSR count). The lowest BCUT2D eigenvalue weighted by Gasteiger charge is -2.08. The Kier molecular flexibility index (Phi) is 2.57. The van der Waals surface area contributed by atoms with Crippen LogP contribution in [0.2, 0.25) is 10.3 Å². The van der Waals surface area contributed by atoms with E-state index < -0.39 is 0 Å². The first-order valence-electron chi connectivity index (χ1n) is 4.60. The molecule has 0 saturated heterocycles. The normalized spacial score (nSPS) is 11.0. The van der Waals surface area contributed by atoms with E-state index >= 15 is 0 Å². The first kappa shape index (κ1) is 10.7. The minimum atomic E-state index is 0.256. The zero-order valence-corrected chi connectivity index (χ0v) is 10.2. The molecule has 0 unspecified atom stereocenters. The van der Waals surface area contributed by atoms with Crippen LogP contribution in [0.3, 0.4) is 0 Å². The van der Waals surface area contributed by atoms with Gasteiger partial charge >= 0.3 is 0 Å². The molecule has 0 atom stereocenters. The van der Waals surface area contributed by atoms with Crippen molar-refractivity contribution in [3.05, 3.63) is 33.1 Å². The highest BCUT2D eigenvalue weighted by molar-refractivity contribution is 6.40. The van der Waals surface area contributed by atoms with Gasteiger partial charge in [-0.3, -0.25) is 0 Å². The van der Waals surface area contributed by atoms with E-state index in [9.17, 15) is 0 Å². The van der Waals surface area contributed by atoms with Gasteiger partial charge in [0.2, 0.25) is 0 Å². The summed E-state index contributed by atoms with van der Waals surface area (Å²) in [5.41, 5.74) is 5.14.